The van der Waals surface area contributed by atoms with Gasteiger partial charge in [-0.2, -0.15) is 0 Å². The van der Waals surface area contributed by atoms with Gasteiger partial charge in [-0.05, 0) is 6.92 Å². The molecule has 2 N–H and O–H groups in total. The summed E-state index contributed by atoms with van der Waals surface area (Å²) in [5.41, 5.74) is 0. The van der Waals surface area contributed by atoms with Crippen molar-refractivity contribution in [2.24, 2.45) is 0 Å². The molecular formula is C7H8ClN3O2. The normalized spacial score (nSPS) is 12.2. The number of hydrogen-bond acceptors (Lipinski definition) is 4. The predicted octanol–water partition coefficient (Wildman–Crippen LogP) is 1.01. The van der Waals surface area contributed by atoms with E-state index in [2.05, 4.69) is 15.3 Å². The highest BCUT2D eigenvalue weighted by Gasteiger charge is 2.10. The molecule has 0 saturated heterocycles. The van der Waals surface area contributed by atoms with E-state index >= 15 is 0 Å². The van der Waals surface area contributed by atoms with E-state index in [0.717, 1.165) is 0 Å². The zero-order valence-corrected chi connectivity index (χ0v) is 7.62. The minimum Gasteiger partial charge on any atom is -0.480 e. The maximum Gasteiger partial charge on any atom is 0.325 e. The number of nitrogens with zero attached hydrogens (tertiary/aromatic N) is 2. The molecule has 70 valence electrons. The van der Waals surface area contributed by atoms with E-state index in [1.165, 1.54) is 19.3 Å². The van der Waals surface area contributed by atoms with Crippen LogP contribution in [-0.4, -0.2) is 27.1 Å². The molecule has 0 bridgehead atoms. The van der Waals surface area contributed by atoms with Gasteiger partial charge in [0.25, 0.3) is 0 Å². The topological polar surface area (TPSA) is 75.1 Å². The van der Waals surface area contributed by atoms with E-state index in [4.69, 9.17) is 16.7 Å². The van der Waals surface area contributed by atoms with E-state index in [1.54, 1.807) is 0 Å². The van der Waals surface area contributed by atoms with E-state index in [1.807, 2.05) is 0 Å². The molecule has 0 aromatic carbocycles. The largest absolute Gasteiger partial charge is 0.480 e. The molecule has 0 saturated carbocycles. The van der Waals surface area contributed by atoms with Crippen molar-refractivity contribution < 1.29 is 9.90 Å². The lowest BCUT2D eigenvalue weighted by Gasteiger charge is -2.08. The Kier molecular flexibility index (Phi) is 3.02. The van der Waals surface area contributed by atoms with Crippen LogP contribution in [0.15, 0.2) is 12.4 Å². The minimum atomic E-state index is -0.957. The number of rotatable bonds is 3. The van der Waals surface area contributed by atoms with Crippen LogP contribution in [0.4, 0.5) is 5.82 Å². The van der Waals surface area contributed by atoms with Crippen molar-refractivity contribution in [2.75, 3.05) is 5.32 Å². The van der Waals surface area contributed by atoms with E-state index in [-0.39, 0.29) is 5.15 Å². The van der Waals surface area contributed by atoms with Gasteiger partial charge in [-0.1, -0.05) is 11.6 Å². The summed E-state index contributed by atoms with van der Waals surface area (Å²) >= 11 is 5.55. The number of halogens is 1. The van der Waals surface area contributed by atoms with Gasteiger partial charge in [-0.25, -0.2) is 4.98 Å². The van der Waals surface area contributed by atoms with Crippen molar-refractivity contribution in [1.82, 2.24) is 9.97 Å². The molecule has 0 aliphatic carbocycles. The molecule has 1 heterocycles. The van der Waals surface area contributed by atoms with Crippen LogP contribution in [0, 0.1) is 0 Å². The second kappa shape index (κ2) is 4.04. The molecule has 0 aliphatic heterocycles. The maximum atomic E-state index is 10.4. The van der Waals surface area contributed by atoms with Crippen LogP contribution in [0.1, 0.15) is 6.92 Å². The fraction of sp³-hybridized carbons (Fsp3) is 0.286. The van der Waals surface area contributed by atoms with Crippen molar-refractivity contribution >= 4 is 23.4 Å². The summed E-state index contributed by atoms with van der Waals surface area (Å²) in [7, 11) is 0. The van der Waals surface area contributed by atoms with Gasteiger partial charge in [-0.3, -0.25) is 9.78 Å². The summed E-state index contributed by atoms with van der Waals surface area (Å²) in [5.74, 6) is -0.607. The quantitative estimate of drug-likeness (QED) is 0.764. The fourth-order valence-electron chi connectivity index (χ4n) is 0.695. The predicted molar refractivity (Wildman–Crippen MR) is 47.8 cm³/mol. The number of aliphatic carboxylic acids is 1. The number of carboxylic acid groups (broad SMARTS) is 1. The number of carbonyl (C=O) groups is 1. The first-order valence-corrected chi connectivity index (χ1v) is 3.94. The van der Waals surface area contributed by atoms with Gasteiger partial charge in [-0.15, -0.1) is 0 Å². The minimum absolute atomic E-state index is 0.225. The SMILES string of the molecule is C[C@H](Nc1cncc(Cl)n1)C(=O)O. The van der Waals surface area contributed by atoms with Crippen molar-refractivity contribution in [1.29, 1.82) is 0 Å². The standard InChI is InChI=1S/C7H8ClN3O2/c1-4(7(12)13)10-6-3-9-2-5(8)11-6/h2-4H,1H3,(H,10,11)(H,12,13)/t4-/m0/s1. The number of hydrogen-bond donors (Lipinski definition) is 2. The Morgan fingerprint density at radius 3 is 2.92 bits per heavy atom. The molecule has 0 unspecified atom stereocenters. The lowest BCUT2D eigenvalue weighted by molar-refractivity contribution is -0.137. The zero-order chi connectivity index (χ0) is 9.84. The molecule has 5 nitrogen and oxygen atoms in total. The monoisotopic (exact) mass is 201 g/mol. The third kappa shape index (κ3) is 2.87. The summed E-state index contributed by atoms with van der Waals surface area (Å²) in [6.45, 7) is 1.50. The average Bonchev–Trinajstić information content (AvgIpc) is 2.04. The third-order valence-corrected chi connectivity index (χ3v) is 1.52. The van der Waals surface area contributed by atoms with Crippen LogP contribution < -0.4 is 5.32 Å². The highest BCUT2D eigenvalue weighted by atomic mass is 35.5. The second-order valence-electron chi connectivity index (χ2n) is 2.43. The zero-order valence-electron chi connectivity index (χ0n) is 6.86. The van der Waals surface area contributed by atoms with Crippen LogP contribution in [0.25, 0.3) is 0 Å². The van der Waals surface area contributed by atoms with Crippen molar-refractivity contribution in [3.8, 4) is 0 Å². The van der Waals surface area contributed by atoms with Crippen LogP contribution in [-0.2, 0) is 4.79 Å². The molecule has 13 heavy (non-hydrogen) atoms. The van der Waals surface area contributed by atoms with Crippen LogP contribution in [0.5, 0.6) is 0 Å². The molecule has 1 aromatic heterocycles. The molecule has 0 fully saturated rings. The van der Waals surface area contributed by atoms with Crippen molar-refractivity contribution in [3.05, 3.63) is 17.5 Å². The fourth-order valence-corrected chi connectivity index (χ4v) is 0.843. The third-order valence-electron chi connectivity index (χ3n) is 1.34. The van der Waals surface area contributed by atoms with Gasteiger partial charge >= 0.3 is 5.97 Å². The Balaban J connectivity index is 2.69. The number of nitrogens with one attached hydrogen (secondary N) is 1. The van der Waals surface area contributed by atoms with Crippen molar-refractivity contribution in [3.63, 3.8) is 0 Å². The summed E-state index contributed by atoms with van der Waals surface area (Å²) in [6.07, 6.45) is 2.78. The molecular weight excluding hydrogens is 194 g/mol. The van der Waals surface area contributed by atoms with Gasteiger partial charge in [0.05, 0.1) is 12.4 Å². The number of anilines is 1. The van der Waals surface area contributed by atoms with Gasteiger partial charge in [0.1, 0.15) is 17.0 Å². The number of aromatic nitrogens is 2. The van der Waals surface area contributed by atoms with Gasteiger partial charge < -0.3 is 10.4 Å². The second-order valence-corrected chi connectivity index (χ2v) is 2.82. The summed E-state index contributed by atoms with van der Waals surface area (Å²) in [4.78, 5) is 18.0. The van der Waals surface area contributed by atoms with E-state index in [0.29, 0.717) is 5.82 Å². The highest BCUT2D eigenvalue weighted by molar-refractivity contribution is 6.29. The Bertz CT molecular complexity index is 318. The van der Waals surface area contributed by atoms with Gasteiger partial charge in [0, 0.05) is 0 Å². The molecule has 1 rings (SSSR count). The van der Waals surface area contributed by atoms with Crippen LogP contribution in [0.3, 0.4) is 0 Å². The maximum absolute atomic E-state index is 10.4. The summed E-state index contributed by atoms with van der Waals surface area (Å²) in [5, 5.41) is 11.4. The average molecular weight is 202 g/mol. The van der Waals surface area contributed by atoms with Gasteiger partial charge in [0.15, 0.2) is 0 Å². The Labute approximate surface area is 79.8 Å². The summed E-state index contributed by atoms with van der Waals surface area (Å²) < 4.78 is 0. The molecule has 0 aliphatic rings. The molecule has 1 atom stereocenters. The van der Waals surface area contributed by atoms with Crippen LogP contribution >= 0.6 is 11.6 Å². The first-order chi connectivity index (χ1) is 6.09. The molecule has 6 heteroatoms. The van der Waals surface area contributed by atoms with E-state index in [9.17, 15) is 4.79 Å². The first kappa shape index (κ1) is 9.73. The highest BCUT2D eigenvalue weighted by Crippen LogP contribution is 2.07. The molecule has 1 aromatic rings. The smallest absolute Gasteiger partial charge is 0.325 e. The number of carboxylic acids is 1. The molecule has 0 radical (unpaired) electrons. The Morgan fingerprint density at radius 1 is 1.69 bits per heavy atom. The van der Waals surface area contributed by atoms with Gasteiger partial charge in [0.2, 0.25) is 0 Å². The lowest BCUT2D eigenvalue weighted by atomic mass is 10.3. The van der Waals surface area contributed by atoms with E-state index < -0.39 is 12.0 Å². The Morgan fingerprint density at radius 2 is 2.38 bits per heavy atom. The molecule has 0 spiro atoms. The Hall–Kier alpha value is -1.36. The summed E-state index contributed by atoms with van der Waals surface area (Å²) in [6, 6.07) is -0.715. The lowest BCUT2D eigenvalue weighted by Crippen LogP contribution is -2.25. The molecule has 0 amide bonds. The van der Waals surface area contributed by atoms with Crippen LogP contribution in [0.2, 0.25) is 5.15 Å². The van der Waals surface area contributed by atoms with Crippen molar-refractivity contribution in [2.45, 2.75) is 13.0 Å². The first-order valence-electron chi connectivity index (χ1n) is 3.56.